The first-order valence-electron chi connectivity index (χ1n) is 30.3. The van der Waals surface area contributed by atoms with Crippen LogP contribution in [0.3, 0.4) is 0 Å². The molecule has 18 aromatic carbocycles. The fraction of sp³-hybridized carbons (Fsp3) is 0.0233. The number of benzene rings is 18. The van der Waals surface area contributed by atoms with Crippen molar-refractivity contribution in [1.82, 2.24) is 0 Å². The molecule has 2 aliphatic rings. The van der Waals surface area contributed by atoms with E-state index in [-0.39, 0.29) is 0 Å². The minimum Gasteiger partial charge on any atom is -0.0622 e. The molecule has 2 aliphatic carbocycles. The van der Waals surface area contributed by atoms with Crippen molar-refractivity contribution in [3.05, 3.63) is 348 Å². The van der Waals surface area contributed by atoms with E-state index in [1.807, 2.05) is 0 Å². The van der Waals surface area contributed by atoms with E-state index in [2.05, 4.69) is 303 Å². The second-order valence-electron chi connectivity index (χ2n) is 24.5. The van der Waals surface area contributed by atoms with Gasteiger partial charge in [0.15, 0.2) is 0 Å². The van der Waals surface area contributed by atoms with Crippen LogP contribution < -0.4 is 0 Å². The molecule has 0 bridgehead atoms. The third kappa shape index (κ3) is 5.93. The molecule has 0 amide bonds. The van der Waals surface area contributed by atoms with Gasteiger partial charge in [0.05, 0.1) is 10.8 Å². The normalized spacial score (nSPS) is 16.2. The summed E-state index contributed by atoms with van der Waals surface area (Å²) in [6.45, 7) is 0. The molecule has 394 valence electrons. The lowest BCUT2D eigenvalue weighted by Crippen LogP contribution is -2.29. The first-order chi connectivity index (χ1) is 42.6. The second kappa shape index (κ2) is 16.9. The quantitative estimate of drug-likeness (QED) is 0.146. The molecule has 0 radical (unpaired) electrons. The van der Waals surface area contributed by atoms with Gasteiger partial charge < -0.3 is 0 Å². The number of fused-ring (bicyclic) bond motifs is 6. The molecule has 18 aromatic rings. The van der Waals surface area contributed by atoms with E-state index in [1.54, 1.807) is 0 Å². The topological polar surface area (TPSA) is 0 Å². The summed E-state index contributed by atoms with van der Waals surface area (Å²) in [7, 11) is 0. The maximum absolute atomic E-state index is 2.53. The number of hydrogen-bond donors (Lipinski definition) is 0. The fourth-order valence-electron chi connectivity index (χ4n) is 17.1. The molecule has 0 saturated heterocycles. The van der Waals surface area contributed by atoms with Crippen molar-refractivity contribution in [1.29, 1.82) is 0 Å². The van der Waals surface area contributed by atoms with Crippen molar-refractivity contribution >= 4 is 97.0 Å². The summed E-state index contributed by atoms with van der Waals surface area (Å²) in [6.07, 6.45) is 0. The van der Waals surface area contributed by atoms with Crippen LogP contribution in [-0.4, -0.2) is 0 Å². The van der Waals surface area contributed by atoms with Crippen molar-refractivity contribution in [2.75, 3.05) is 0 Å². The minimum absolute atomic E-state index is 0.575. The molecule has 2 atom stereocenters. The molecule has 0 aliphatic heterocycles. The summed E-state index contributed by atoms with van der Waals surface area (Å²) in [5.74, 6) is 0. The van der Waals surface area contributed by atoms with Gasteiger partial charge in [-0.2, -0.15) is 0 Å². The van der Waals surface area contributed by atoms with Gasteiger partial charge in [0.1, 0.15) is 0 Å². The zero-order chi connectivity index (χ0) is 56.0. The highest BCUT2D eigenvalue weighted by Crippen LogP contribution is 2.61. The van der Waals surface area contributed by atoms with Crippen molar-refractivity contribution in [3.8, 4) is 44.5 Å². The Morgan fingerprint density at radius 2 is 0.477 bits per heavy atom. The highest BCUT2D eigenvalue weighted by Gasteiger charge is 2.49. The Balaban J connectivity index is 0.751. The molecule has 0 spiro atoms. The van der Waals surface area contributed by atoms with E-state index < -0.39 is 10.8 Å². The van der Waals surface area contributed by atoms with E-state index in [0.29, 0.717) is 0 Å². The maximum atomic E-state index is 2.53. The van der Waals surface area contributed by atoms with Crippen LogP contribution in [0.5, 0.6) is 0 Å². The number of hydrogen-bond acceptors (Lipinski definition) is 0. The number of rotatable bonds is 6. The average Bonchev–Trinajstić information content (AvgIpc) is 1.50. The van der Waals surface area contributed by atoms with Crippen LogP contribution in [-0.2, 0) is 10.8 Å². The van der Waals surface area contributed by atoms with E-state index in [1.165, 1.54) is 186 Å². The Kier molecular flexibility index (Phi) is 9.14. The summed E-state index contributed by atoms with van der Waals surface area (Å²) < 4.78 is 0. The van der Waals surface area contributed by atoms with Gasteiger partial charge in [-0.1, -0.05) is 267 Å². The monoisotopic (exact) mass is 1080 g/mol. The molecule has 0 heterocycles. The molecule has 0 N–H and O–H groups in total. The molecule has 0 nitrogen and oxygen atoms in total. The van der Waals surface area contributed by atoms with Crippen LogP contribution in [0.1, 0.15) is 44.5 Å². The third-order valence-electron chi connectivity index (χ3n) is 20.6. The van der Waals surface area contributed by atoms with Crippen LogP contribution >= 0.6 is 0 Å². The lowest BCUT2D eigenvalue weighted by molar-refractivity contribution is 0.777. The standard InChI is InChI=1S/C86H50/c1-3-17-65(18-4-1)85(75-43-37-55-27-25-51-13-11-15-53-33-41-71(75)83(55)79(51)53)73-23-9-7-21-67(73)69-39-35-57(49-77(69)85)63-45-59-29-31-61-47-64(48-62-32-30-60(46-63)81(59)82(61)62)58-36-40-70-68-22-8-10-24-74(68)86(78(70)50-58,66-19-5-2-6-20-66)76-44-38-56-28-26-52-14-12-16-54-34-42-72(76)84(56)80(52)54/h1-50H. The first-order valence-corrected chi connectivity index (χ1v) is 30.3. The molecular weight excluding hydrogens is 1030 g/mol. The summed E-state index contributed by atoms with van der Waals surface area (Å²) in [4.78, 5) is 0. The Hall–Kier alpha value is -10.9. The van der Waals surface area contributed by atoms with Gasteiger partial charge in [-0.05, 0) is 222 Å². The molecule has 0 aromatic heterocycles. The van der Waals surface area contributed by atoms with Crippen LogP contribution in [0.25, 0.3) is 141 Å². The van der Waals surface area contributed by atoms with Crippen molar-refractivity contribution < 1.29 is 0 Å². The molecule has 2 unspecified atom stereocenters. The van der Waals surface area contributed by atoms with E-state index in [0.717, 1.165) is 0 Å². The van der Waals surface area contributed by atoms with Gasteiger partial charge in [-0.15, -0.1) is 0 Å². The molecule has 0 heteroatoms. The van der Waals surface area contributed by atoms with Gasteiger partial charge in [-0.3, -0.25) is 0 Å². The van der Waals surface area contributed by atoms with E-state index in [4.69, 9.17) is 0 Å². The predicted molar refractivity (Wildman–Crippen MR) is 363 cm³/mol. The Morgan fingerprint density at radius 1 is 0.163 bits per heavy atom. The van der Waals surface area contributed by atoms with Gasteiger partial charge >= 0.3 is 0 Å². The maximum Gasteiger partial charge on any atom is 0.0719 e. The molecule has 0 saturated carbocycles. The smallest absolute Gasteiger partial charge is 0.0622 e. The minimum atomic E-state index is -0.575. The lowest BCUT2D eigenvalue weighted by Gasteiger charge is -2.35. The Morgan fingerprint density at radius 3 is 0.884 bits per heavy atom. The van der Waals surface area contributed by atoms with Crippen LogP contribution in [0.4, 0.5) is 0 Å². The lowest BCUT2D eigenvalue weighted by atomic mass is 9.66. The molecular formula is C86H50. The fourth-order valence-corrected chi connectivity index (χ4v) is 17.1. The van der Waals surface area contributed by atoms with E-state index in [9.17, 15) is 0 Å². The highest BCUT2D eigenvalue weighted by molar-refractivity contribution is 6.27. The van der Waals surface area contributed by atoms with Crippen LogP contribution in [0.2, 0.25) is 0 Å². The summed E-state index contributed by atoms with van der Waals surface area (Å²) >= 11 is 0. The summed E-state index contributed by atoms with van der Waals surface area (Å²) in [6, 6.07) is 116. The zero-order valence-corrected chi connectivity index (χ0v) is 46.9. The van der Waals surface area contributed by atoms with Crippen LogP contribution in [0, 0.1) is 0 Å². The Labute approximate surface area is 497 Å². The van der Waals surface area contributed by atoms with E-state index >= 15 is 0 Å². The van der Waals surface area contributed by atoms with Gasteiger partial charge in [0.2, 0.25) is 0 Å². The molecule has 0 fully saturated rings. The SMILES string of the molecule is c1ccc(C2(c3ccc4ccc5cccc6ccc3c4c56)c3ccccc3-c3ccc(-c4cc5ccc6cc(-c7ccc8c(c7)C(c7ccccc7)(c7ccc9ccc%10cccc%11ccc7c9c%10%11)c7ccccc7-8)cc7ccc(c4)c5c67)cc32)cc1. The van der Waals surface area contributed by atoms with Crippen molar-refractivity contribution in [3.63, 3.8) is 0 Å². The zero-order valence-electron chi connectivity index (χ0n) is 46.9. The average molecular weight is 1080 g/mol. The second-order valence-corrected chi connectivity index (χ2v) is 24.5. The predicted octanol–water partition coefficient (Wildman–Crippen LogP) is 22.4. The Bertz CT molecular complexity index is 5430. The van der Waals surface area contributed by atoms with Crippen LogP contribution in [0.15, 0.2) is 303 Å². The first kappa shape index (κ1) is 46.6. The van der Waals surface area contributed by atoms with Crippen molar-refractivity contribution in [2.24, 2.45) is 0 Å². The summed E-state index contributed by atoms with van der Waals surface area (Å²) in [5, 5.41) is 23.3. The molecule has 86 heavy (non-hydrogen) atoms. The third-order valence-corrected chi connectivity index (χ3v) is 20.6. The molecule has 20 rings (SSSR count). The van der Waals surface area contributed by atoms with Crippen molar-refractivity contribution in [2.45, 2.75) is 10.8 Å². The largest absolute Gasteiger partial charge is 0.0719 e. The highest BCUT2D eigenvalue weighted by atomic mass is 14.5. The van der Waals surface area contributed by atoms with Gasteiger partial charge in [0.25, 0.3) is 0 Å². The summed E-state index contributed by atoms with van der Waals surface area (Å²) in [5.41, 5.74) is 19.4. The van der Waals surface area contributed by atoms with Gasteiger partial charge in [0, 0.05) is 0 Å². The van der Waals surface area contributed by atoms with Gasteiger partial charge in [-0.25, -0.2) is 0 Å².